The summed E-state index contributed by atoms with van der Waals surface area (Å²) in [5, 5.41) is 2.91. The minimum atomic E-state index is -0.499. The van der Waals surface area contributed by atoms with Gasteiger partial charge in [-0.15, -0.1) is 0 Å². The van der Waals surface area contributed by atoms with Crippen LogP contribution in [0.4, 0.5) is 4.39 Å². The Morgan fingerprint density at radius 1 is 1.00 bits per heavy atom. The molecule has 2 nitrogen and oxygen atoms in total. The number of amides is 1. The van der Waals surface area contributed by atoms with Crippen molar-refractivity contribution in [2.45, 2.75) is 19.9 Å². The van der Waals surface area contributed by atoms with Gasteiger partial charge < -0.3 is 5.32 Å². The first-order chi connectivity index (χ1) is 9.59. The fraction of sp³-hybridized carbons (Fsp3) is 0.235. The average molecular weight is 271 g/mol. The zero-order valence-electron chi connectivity index (χ0n) is 11.6. The van der Waals surface area contributed by atoms with E-state index in [0.717, 1.165) is 5.56 Å². The highest BCUT2D eigenvalue weighted by molar-refractivity contribution is 5.94. The number of carbonyl (C=O) groups excluding carboxylic acids is 1. The molecule has 104 valence electrons. The van der Waals surface area contributed by atoms with Crippen LogP contribution < -0.4 is 5.32 Å². The molecule has 1 unspecified atom stereocenters. The summed E-state index contributed by atoms with van der Waals surface area (Å²) in [7, 11) is 0. The normalized spacial score (nSPS) is 12.2. The van der Waals surface area contributed by atoms with Gasteiger partial charge in [0, 0.05) is 0 Å². The molecule has 2 aromatic carbocycles. The smallest absolute Gasteiger partial charge is 0.254 e. The first-order valence-electron chi connectivity index (χ1n) is 6.70. The lowest BCUT2D eigenvalue weighted by molar-refractivity contribution is 0.0921. The second-order valence-corrected chi connectivity index (χ2v) is 5.09. The van der Waals surface area contributed by atoms with Crippen LogP contribution in [-0.2, 0) is 0 Å². The number of benzene rings is 2. The number of hydrogen-bond acceptors (Lipinski definition) is 1. The number of carbonyl (C=O) groups is 1. The molecule has 0 spiro atoms. The predicted molar refractivity (Wildman–Crippen MR) is 77.9 cm³/mol. The Labute approximate surface area is 118 Å². The van der Waals surface area contributed by atoms with Gasteiger partial charge in [0.05, 0.1) is 11.6 Å². The summed E-state index contributed by atoms with van der Waals surface area (Å²) in [6.07, 6.45) is 0. The number of halogens is 1. The van der Waals surface area contributed by atoms with Gasteiger partial charge in [-0.05, 0) is 23.6 Å². The zero-order valence-corrected chi connectivity index (χ0v) is 11.6. The van der Waals surface area contributed by atoms with Crippen molar-refractivity contribution in [2.24, 2.45) is 5.92 Å². The fourth-order valence-electron chi connectivity index (χ4n) is 2.16. The summed E-state index contributed by atoms with van der Waals surface area (Å²) in [5.74, 6) is -0.667. The van der Waals surface area contributed by atoms with Crippen LogP contribution in [0.5, 0.6) is 0 Å². The van der Waals surface area contributed by atoms with E-state index in [2.05, 4.69) is 5.32 Å². The Kier molecular flexibility index (Phi) is 4.51. The van der Waals surface area contributed by atoms with Crippen LogP contribution in [0.1, 0.15) is 35.8 Å². The van der Waals surface area contributed by atoms with Crippen molar-refractivity contribution in [3.63, 3.8) is 0 Å². The Bertz CT molecular complexity index is 581. The summed E-state index contributed by atoms with van der Waals surface area (Å²) in [4.78, 5) is 12.2. The third-order valence-electron chi connectivity index (χ3n) is 3.23. The summed E-state index contributed by atoms with van der Waals surface area (Å²) in [6.45, 7) is 4.05. The average Bonchev–Trinajstić information content (AvgIpc) is 2.45. The van der Waals surface area contributed by atoms with Crippen LogP contribution >= 0.6 is 0 Å². The van der Waals surface area contributed by atoms with Gasteiger partial charge in [0.1, 0.15) is 5.82 Å². The molecule has 0 aliphatic carbocycles. The maximum atomic E-state index is 13.6. The molecule has 0 bridgehead atoms. The molecule has 3 heteroatoms. The third-order valence-corrected chi connectivity index (χ3v) is 3.23. The molecule has 1 amide bonds. The molecule has 0 aliphatic heterocycles. The Morgan fingerprint density at radius 3 is 2.20 bits per heavy atom. The lowest BCUT2D eigenvalue weighted by atomic mass is 9.95. The lowest BCUT2D eigenvalue weighted by Crippen LogP contribution is -2.32. The maximum absolute atomic E-state index is 13.6. The highest BCUT2D eigenvalue weighted by Crippen LogP contribution is 2.22. The summed E-state index contributed by atoms with van der Waals surface area (Å²) >= 11 is 0. The van der Waals surface area contributed by atoms with Crippen molar-refractivity contribution in [3.05, 3.63) is 71.5 Å². The van der Waals surface area contributed by atoms with E-state index < -0.39 is 5.82 Å². The van der Waals surface area contributed by atoms with Crippen LogP contribution in [0.3, 0.4) is 0 Å². The second-order valence-electron chi connectivity index (χ2n) is 5.09. The Balaban J connectivity index is 2.22. The molecule has 0 saturated carbocycles. The largest absolute Gasteiger partial charge is 0.345 e. The van der Waals surface area contributed by atoms with Crippen LogP contribution in [0, 0.1) is 11.7 Å². The van der Waals surface area contributed by atoms with Gasteiger partial charge in [0.2, 0.25) is 0 Å². The predicted octanol–water partition coefficient (Wildman–Crippen LogP) is 3.95. The number of nitrogens with one attached hydrogen (secondary N) is 1. The second kappa shape index (κ2) is 6.33. The van der Waals surface area contributed by atoms with Gasteiger partial charge in [0.15, 0.2) is 0 Å². The van der Waals surface area contributed by atoms with E-state index in [-0.39, 0.29) is 23.4 Å². The summed E-state index contributed by atoms with van der Waals surface area (Å²) < 4.78 is 13.6. The lowest BCUT2D eigenvalue weighted by Gasteiger charge is -2.23. The van der Waals surface area contributed by atoms with Crippen LogP contribution in [-0.4, -0.2) is 5.91 Å². The summed E-state index contributed by atoms with van der Waals surface area (Å²) in [5.41, 5.74) is 1.10. The number of rotatable bonds is 4. The molecule has 20 heavy (non-hydrogen) atoms. The molecule has 0 radical (unpaired) electrons. The van der Waals surface area contributed by atoms with Gasteiger partial charge in [-0.2, -0.15) is 0 Å². The monoisotopic (exact) mass is 271 g/mol. The van der Waals surface area contributed by atoms with Crippen LogP contribution in [0.15, 0.2) is 54.6 Å². The molecule has 0 aliphatic rings. The molecule has 2 rings (SSSR count). The van der Waals surface area contributed by atoms with E-state index in [9.17, 15) is 9.18 Å². The van der Waals surface area contributed by atoms with E-state index in [0.29, 0.717) is 0 Å². The van der Waals surface area contributed by atoms with Gasteiger partial charge in [-0.25, -0.2) is 4.39 Å². The third kappa shape index (κ3) is 3.23. The molecule has 0 saturated heterocycles. The van der Waals surface area contributed by atoms with Crippen molar-refractivity contribution < 1.29 is 9.18 Å². The molecule has 1 atom stereocenters. The van der Waals surface area contributed by atoms with Gasteiger partial charge in [0.25, 0.3) is 5.91 Å². The SMILES string of the molecule is CC(C)C(NC(=O)c1ccccc1F)c1ccccc1. The minimum absolute atomic E-state index is 0.0779. The van der Waals surface area contributed by atoms with Crippen molar-refractivity contribution >= 4 is 5.91 Å². The molecule has 2 aromatic rings. The summed E-state index contributed by atoms with van der Waals surface area (Å²) in [6, 6.07) is 15.6. The Hall–Kier alpha value is -2.16. The molecule has 0 heterocycles. The molecule has 0 aromatic heterocycles. The van der Waals surface area contributed by atoms with Gasteiger partial charge in [-0.3, -0.25) is 4.79 Å². The van der Waals surface area contributed by atoms with Crippen molar-refractivity contribution in [1.82, 2.24) is 5.32 Å². The first-order valence-corrected chi connectivity index (χ1v) is 6.70. The highest BCUT2D eigenvalue weighted by atomic mass is 19.1. The van der Waals surface area contributed by atoms with E-state index in [1.165, 1.54) is 12.1 Å². The van der Waals surface area contributed by atoms with E-state index in [1.807, 2.05) is 44.2 Å². The maximum Gasteiger partial charge on any atom is 0.254 e. The zero-order chi connectivity index (χ0) is 14.5. The van der Waals surface area contributed by atoms with E-state index >= 15 is 0 Å². The minimum Gasteiger partial charge on any atom is -0.345 e. The molecule has 0 fully saturated rings. The highest BCUT2D eigenvalue weighted by Gasteiger charge is 2.20. The first kappa shape index (κ1) is 14.3. The van der Waals surface area contributed by atoms with Crippen LogP contribution in [0.2, 0.25) is 0 Å². The van der Waals surface area contributed by atoms with E-state index in [1.54, 1.807) is 12.1 Å². The van der Waals surface area contributed by atoms with Crippen LogP contribution in [0.25, 0.3) is 0 Å². The van der Waals surface area contributed by atoms with Gasteiger partial charge >= 0.3 is 0 Å². The topological polar surface area (TPSA) is 29.1 Å². The van der Waals surface area contributed by atoms with E-state index in [4.69, 9.17) is 0 Å². The van der Waals surface area contributed by atoms with Crippen molar-refractivity contribution in [1.29, 1.82) is 0 Å². The number of hydrogen-bond donors (Lipinski definition) is 1. The fourth-order valence-corrected chi connectivity index (χ4v) is 2.16. The standard InChI is InChI=1S/C17H18FNO/c1-12(2)16(13-8-4-3-5-9-13)19-17(20)14-10-6-7-11-15(14)18/h3-12,16H,1-2H3,(H,19,20). The molecule has 1 N–H and O–H groups in total. The van der Waals surface area contributed by atoms with Gasteiger partial charge in [-0.1, -0.05) is 56.3 Å². The van der Waals surface area contributed by atoms with Crippen molar-refractivity contribution in [2.75, 3.05) is 0 Å². The molecular weight excluding hydrogens is 253 g/mol. The quantitative estimate of drug-likeness (QED) is 0.896. The Morgan fingerprint density at radius 2 is 1.60 bits per heavy atom. The molecular formula is C17H18FNO. The van der Waals surface area contributed by atoms with Crippen molar-refractivity contribution in [3.8, 4) is 0 Å².